The predicted molar refractivity (Wildman–Crippen MR) is 182 cm³/mol. The third kappa shape index (κ3) is 7.51. The highest BCUT2D eigenvalue weighted by Crippen LogP contribution is 2.49. The largest absolute Gasteiger partial charge is 0.497 e. The molecular formula is C31H41Cl2N3O2S3. The standard InChI is InChI=1S/C31H39N3O2S3.2ClH/c1-36-25-8-5-7-23(18-25)27-19-24(6-3-2-4-13-33-14-11-32-12-15-33)28(38-27)20-29-30(35)34(31(37)39-29)26-17-21-9-10-22(26)16-21;;/h5,7-8,18-22,26,32H,2-4,6,9-17H2,1H3;2*1H/b29-20-;;. The van der Waals surface area contributed by atoms with E-state index in [1.165, 1.54) is 78.8 Å². The molecule has 0 radical (unpaired) electrons. The summed E-state index contributed by atoms with van der Waals surface area (Å²) in [4.78, 5) is 21.4. The van der Waals surface area contributed by atoms with E-state index in [0.29, 0.717) is 12.0 Å². The van der Waals surface area contributed by atoms with Crippen molar-refractivity contribution in [2.24, 2.45) is 11.8 Å². The first-order valence-corrected chi connectivity index (χ1v) is 16.6. The Kier molecular flexibility index (Phi) is 12.0. The van der Waals surface area contributed by atoms with Crippen molar-refractivity contribution < 1.29 is 9.53 Å². The van der Waals surface area contributed by atoms with Gasteiger partial charge in [-0.25, -0.2) is 0 Å². The van der Waals surface area contributed by atoms with Gasteiger partial charge in [0, 0.05) is 42.0 Å². The van der Waals surface area contributed by atoms with Crippen LogP contribution in [0.4, 0.5) is 0 Å². The van der Waals surface area contributed by atoms with Crippen LogP contribution >= 0.6 is 60.1 Å². The van der Waals surface area contributed by atoms with Gasteiger partial charge in [-0.15, -0.1) is 36.2 Å². The Morgan fingerprint density at radius 3 is 2.66 bits per heavy atom. The first-order valence-electron chi connectivity index (χ1n) is 14.6. The first-order chi connectivity index (χ1) is 19.1. The van der Waals surface area contributed by atoms with Crippen LogP contribution in [0.15, 0.2) is 35.2 Å². The summed E-state index contributed by atoms with van der Waals surface area (Å²) < 4.78 is 6.24. The van der Waals surface area contributed by atoms with Crippen LogP contribution in [0.3, 0.4) is 0 Å². The molecule has 4 aliphatic rings. The van der Waals surface area contributed by atoms with E-state index in [2.05, 4.69) is 34.5 Å². The molecule has 1 aromatic heterocycles. The Bertz CT molecular complexity index is 1250. The Morgan fingerprint density at radius 2 is 1.93 bits per heavy atom. The summed E-state index contributed by atoms with van der Waals surface area (Å²) in [5.41, 5.74) is 2.50. The van der Waals surface area contributed by atoms with E-state index in [1.807, 2.05) is 17.0 Å². The van der Waals surface area contributed by atoms with Gasteiger partial charge in [-0.05, 0) is 92.3 Å². The zero-order valence-electron chi connectivity index (χ0n) is 23.6. The van der Waals surface area contributed by atoms with E-state index in [-0.39, 0.29) is 30.7 Å². The molecule has 5 nitrogen and oxygen atoms in total. The van der Waals surface area contributed by atoms with Crippen molar-refractivity contribution in [3.05, 3.63) is 45.7 Å². The molecule has 3 heterocycles. The molecule has 3 atom stereocenters. The van der Waals surface area contributed by atoms with Crippen LogP contribution < -0.4 is 10.1 Å². The fourth-order valence-corrected chi connectivity index (χ4v) is 9.43. The molecule has 10 heteroatoms. The smallest absolute Gasteiger partial charge is 0.266 e. The topological polar surface area (TPSA) is 44.8 Å². The number of thioether (sulfide) groups is 1. The van der Waals surface area contributed by atoms with Gasteiger partial charge in [0.2, 0.25) is 0 Å². The molecular weight excluding hydrogens is 613 g/mol. The van der Waals surface area contributed by atoms with Crippen molar-refractivity contribution in [1.29, 1.82) is 0 Å². The minimum Gasteiger partial charge on any atom is -0.497 e. The molecule has 2 aliphatic carbocycles. The SMILES string of the molecule is COc1cccc(-c2cc(CCCCCN3CCNCC3)c(/C=C3\SC(=S)N(C4CC5CCC4C5)C3=O)s2)c1.Cl.Cl. The van der Waals surface area contributed by atoms with Gasteiger partial charge in [0.1, 0.15) is 10.1 Å². The lowest BCUT2D eigenvalue weighted by Gasteiger charge is -2.30. The lowest BCUT2D eigenvalue weighted by molar-refractivity contribution is -0.124. The summed E-state index contributed by atoms with van der Waals surface area (Å²) in [5, 5.41) is 3.44. The molecule has 2 aromatic rings. The van der Waals surface area contributed by atoms with Crippen LogP contribution in [0.1, 0.15) is 55.4 Å². The number of piperazine rings is 1. The van der Waals surface area contributed by atoms with Gasteiger partial charge in [0.15, 0.2) is 0 Å². The van der Waals surface area contributed by atoms with Gasteiger partial charge < -0.3 is 15.0 Å². The number of nitrogens with one attached hydrogen (secondary N) is 1. The minimum atomic E-state index is 0. The minimum absolute atomic E-state index is 0. The van der Waals surface area contributed by atoms with E-state index in [1.54, 1.807) is 18.4 Å². The number of amides is 1. The van der Waals surface area contributed by atoms with Crippen molar-refractivity contribution in [2.45, 2.75) is 57.4 Å². The number of thiocarbonyl (C=S) groups is 1. The van der Waals surface area contributed by atoms with E-state index >= 15 is 0 Å². The molecule has 2 saturated heterocycles. The Hall–Kier alpha value is -1.13. The van der Waals surface area contributed by atoms with Crippen LogP contribution in [0.2, 0.25) is 0 Å². The van der Waals surface area contributed by atoms with Gasteiger partial charge in [-0.3, -0.25) is 9.69 Å². The number of hydrogen-bond donors (Lipinski definition) is 1. The van der Waals surface area contributed by atoms with Crippen LogP contribution in [-0.2, 0) is 11.2 Å². The second kappa shape index (κ2) is 15.0. The normalized spacial score (nSPS) is 25.0. The number of carbonyl (C=O) groups excluding carboxylic acids is 1. The average Bonchev–Trinajstić information content (AvgIpc) is 3.74. The summed E-state index contributed by atoms with van der Waals surface area (Å²) in [7, 11) is 1.71. The van der Waals surface area contributed by atoms with Crippen LogP contribution in [-0.4, -0.2) is 65.9 Å². The highest BCUT2D eigenvalue weighted by molar-refractivity contribution is 8.26. The number of nitrogens with zero attached hydrogens (tertiary/aromatic N) is 2. The van der Waals surface area contributed by atoms with Gasteiger partial charge >= 0.3 is 0 Å². The number of methoxy groups -OCH3 is 1. The Balaban J connectivity index is 0.00000194. The Labute approximate surface area is 270 Å². The lowest BCUT2D eigenvalue weighted by Crippen LogP contribution is -2.43. The van der Waals surface area contributed by atoms with E-state index in [0.717, 1.165) is 58.8 Å². The van der Waals surface area contributed by atoms with Crippen LogP contribution in [0.5, 0.6) is 5.75 Å². The number of benzene rings is 1. The molecule has 6 rings (SSSR count). The molecule has 3 unspecified atom stereocenters. The number of carbonyl (C=O) groups is 1. The fourth-order valence-electron chi connectivity index (χ4n) is 6.85. The maximum atomic E-state index is 13.6. The van der Waals surface area contributed by atoms with Crippen molar-refractivity contribution in [2.75, 3.05) is 39.8 Å². The number of ether oxygens (including phenoxy) is 1. The third-order valence-electron chi connectivity index (χ3n) is 8.94. The number of unbranched alkanes of at least 4 members (excludes halogenated alkanes) is 2. The number of aryl methyl sites for hydroxylation is 1. The highest BCUT2D eigenvalue weighted by atomic mass is 35.5. The van der Waals surface area contributed by atoms with Gasteiger partial charge in [-0.2, -0.15) is 0 Å². The molecule has 41 heavy (non-hydrogen) atoms. The molecule has 1 N–H and O–H groups in total. The van der Waals surface area contributed by atoms with Gasteiger partial charge in [-0.1, -0.05) is 49.0 Å². The summed E-state index contributed by atoms with van der Waals surface area (Å²) in [6.45, 7) is 5.75. The van der Waals surface area contributed by atoms with E-state index in [4.69, 9.17) is 17.0 Å². The number of halogens is 2. The maximum absolute atomic E-state index is 13.6. The van der Waals surface area contributed by atoms with E-state index in [9.17, 15) is 4.79 Å². The fraction of sp³-hybridized carbons (Fsp3) is 0.548. The van der Waals surface area contributed by atoms with E-state index < -0.39 is 0 Å². The Morgan fingerprint density at radius 1 is 1.10 bits per heavy atom. The predicted octanol–water partition coefficient (Wildman–Crippen LogP) is 7.28. The average molecular weight is 655 g/mol. The van der Waals surface area contributed by atoms with Crippen LogP contribution in [0, 0.1) is 11.8 Å². The molecule has 1 aromatic carbocycles. The third-order valence-corrected chi connectivity index (χ3v) is 11.4. The summed E-state index contributed by atoms with van der Waals surface area (Å²) in [5.74, 6) is 2.41. The van der Waals surface area contributed by atoms with Crippen molar-refractivity contribution in [1.82, 2.24) is 15.1 Å². The lowest BCUT2D eigenvalue weighted by atomic mass is 9.94. The molecule has 4 fully saturated rings. The quantitative estimate of drug-likeness (QED) is 0.165. The number of fused-ring (bicyclic) bond motifs is 2. The number of hydrogen-bond acceptors (Lipinski definition) is 7. The maximum Gasteiger partial charge on any atom is 0.266 e. The van der Waals surface area contributed by atoms with Crippen molar-refractivity contribution >= 4 is 76.4 Å². The molecule has 2 aliphatic heterocycles. The summed E-state index contributed by atoms with van der Waals surface area (Å²) in [6, 6.07) is 10.9. The molecule has 224 valence electrons. The van der Waals surface area contributed by atoms with Gasteiger partial charge in [0.25, 0.3) is 5.91 Å². The molecule has 0 spiro atoms. The molecule has 2 bridgehead atoms. The second-order valence-corrected chi connectivity index (χ2v) is 14.2. The number of rotatable bonds is 10. The summed E-state index contributed by atoms with van der Waals surface area (Å²) in [6.07, 6.45) is 11.8. The molecule has 2 saturated carbocycles. The van der Waals surface area contributed by atoms with Crippen molar-refractivity contribution in [3.63, 3.8) is 0 Å². The first kappa shape index (κ1) is 32.8. The van der Waals surface area contributed by atoms with Crippen molar-refractivity contribution in [3.8, 4) is 16.2 Å². The monoisotopic (exact) mass is 653 g/mol. The molecule has 1 amide bonds. The second-order valence-electron chi connectivity index (χ2n) is 11.4. The zero-order valence-corrected chi connectivity index (χ0v) is 27.7. The number of thiophene rings is 1. The zero-order chi connectivity index (χ0) is 26.8. The highest BCUT2D eigenvalue weighted by Gasteiger charge is 2.48. The van der Waals surface area contributed by atoms with Crippen LogP contribution in [0.25, 0.3) is 16.5 Å². The summed E-state index contributed by atoms with van der Waals surface area (Å²) >= 11 is 9.05. The van der Waals surface area contributed by atoms with Gasteiger partial charge in [0.05, 0.1) is 12.0 Å².